The lowest BCUT2D eigenvalue weighted by molar-refractivity contribution is -0.129. The quantitative estimate of drug-likeness (QED) is 0.419. The number of Topliss-reactive ketones (excluding diaryl/α,β-unsaturated/α-hetero) is 1. The molecular formula is C27H38N4O3S. The minimum Gasteiger partial charge on any atom is -0.503 e. The number of aryl methyl sites for hydroxylation is 2. The first-order chi connectivity index (χ1) is 16.8. The van der Waals surface area contributed by atoms with Gasteiger partial charge in [0.15, 0.2) is 5.76 Å². The Morgan fingerprint density at radius 3 is 2.20 bits per heavy atom. The molecule has 2 aromatic rings. The maximum Gasteiger partial charge on any atom is 0.290 e. The Morgan fingerprint density at radius 1 is 1.06 bits per heavy atom. The summed E-state index contributed by atoms with van der Waals surface area (Å²) in [4.78, 5) is 38.0. The SMILES string of the molecule is CCN(CC)CCCN1C(=O)C(O)=C(C(=O)c2sc(C)nc2C)C1c1ccc(N(CC)CC)cc1. The number of carbonyl (C=O) groups excluding carboxylic acids is 2. The van der Waals surface area contributed by atoms with Crippen molar-refractivity contribution >= 4 is 28.7 Å². The molecule has 1 aliphatic heterocycles. The van der Waals surface area contributed by atoms with Crippen molar-refractivity contribution in [2.75, 3.05) is 44.2 Å². The number of nitrogens with zero attached hydrogens (tertiary/aromatic N) is 4. The van der Waals surface area contributed by atoms with E-state index in [1.54, 1.807) is 11.8 Å². The van der Waals surface area contributed by atoms with E-state index in [1.807, 2.05) is 31.2 Å². The van der Waals surface area contributed by atoms with Crippen molar-refractivity contribution < 1.29 is 14.7 Å². The number of rotatable bonds is 12. The first-order valence-corrected chi connectivity index (χ1v) is 13.4. The maximum atomic E-state index is 13.7. The highest BCUT2D eigenvalue weighted by atomic mass is 32.1. The number of aromatic nitrogens is 1. The molecule has 0 radical (unpaired) electrons. The molecular weight excluding hydrogens is 460 g/mol. The first kappa shape index (κ1) is 26.9. The third-order valence-corrected chi connectivity index (χ3v) is 7.83. The molecule has 7 nitrogen and oxygen atoms in total. The highest BCUT2D eigenvalue weighted by Crippen LogP contribution is 2.40. The van der Waals surface area contributed by atoms with Crippen LogP contribution in [-0.4, -0.2) is 70.8 Å². The molecule has 1 aromatic heterocycles. The zero-order chi connectivity index (χ0) is 25.7. The van der Waals surface area contributed by atoms with Crippen LogP contribution in [-0.2, 0) is 4.79 Å². The topological polar surface area (TPSA) is 77.0 Å². The number of ketones is 1. The monoisotopic (exact) mass is 498 g/mol. The third-order valence-electron chi connectivity index (χ3n) is 6.76. The molecule has 1 aromatic carbocycles. The lowest BCUT2D eigenvalue weighted by Crippen LogP contribution is -2.34. The van der Waals surface area contributed by atoms with Crippen molar-refractivity contribution in [3.8, 4) is 0 Å². The highest BCUT2D eigenvalue weighted by Gasteiger charge is 2.44. The van der Waals surface area contributed by atoms with Gasteiger partial charge in [0.1, 0.15) is 0 Å². The van der Waals surface area contributed by atoms with E-state index < -0.39 is 17.7 Å². The second kappa shape index (κ2) is 11.8. The standard InChI is InChI=1S/C27H38N4O3S/c1-7-29(8-2)16-11-17-31-23(20-12-14-21(15-13-20)30(9-3)10-4)22(25(33)27(31)34)24(32)26-18(5)28-19(6)35-26/h12-15,23,33H,7-11,16-17H2,1-6H3. The van der Waals surface area contributed by atoms with Crippen LogP contribution in [0.2, 0.25) is 0 Å². The summed E-state index contributed by atoms with van der Waals surface area (Å²) in [5, 5.41) is 11.7. The van der Waals surface area contributed by atoms with Gasteiger partial charge in [0.05, 0.1) is 27.2 Å². The number of hydrogen-bond acceptors (Lipinski definition) is 7. The zero-order valence-electron chi connectivity index (χ0n) is 21.8. The fourth-order valence-electron chi connectivity index (χ4n) is 4.79. The number of thiazole rings is 1. The smallest absolute Gasteiger partial charge is 0.290 e. The molecule has 1 N–H and O–H groups in total. The molecule has 0 aliphatic carbocycles. The average molecular weight is 499 g/mol. The molecule has 1 amide bonds. The van der Waals surface area contributed by atoms with Crippen LogP contribution in [0.3, 0.4) is 0 Å². The second-order valence-electron chi connectivity index (χ2n) is 8.78. The average Bonchev–Trinajstić information content (AvgIpc) is 3.32. The molecule has 0 fully saturated rings. The van der Waals surface area contributed by atoms with Gasteiger partial charge >= 0.3 is 0 Å². The van der Waals surface area contributed by atoms with Crippen LogP contribution in [0, 0.1) is 13.8 Å². The third kappa shape index (κ3) is 5.59. The Kier molecular flexibility index (Phi) is 9.08. The molecule has 0 spiro atoms. The van der Waals surface area contributed by atoms with Gasteiger partial charge in [-0.2, -0.15) is 0 Å². The summed E-state index contributed by atoms with van der Waals surface area (Å²) in [6.07, 6.45) is 0.759. The minimum atomic E-state index is -0.626. The van der Waals surface area contributed by atoms with Crippen molar-refractivity contribution in [3.63, 3.8) is 0 Å². The van der Waals surface area contributed by atoms with Gasteiger partial charge in [-0.1, -0.05) is 26.0 Å². The first-order valence-electron chi connectivity index (χ1n) is 12.6. The number of hydrogen-bond donors (Lipinski definition) is 1. The molecule has 1 aliphatic rings. The van der Waals surface area contributed by atoms with E-state index in [-0.39, 0.29) is 11.4 Å². The van der Waals surface area contributed by atoms with Crippen LogP contribution in [0.1, 0.15) is 66.1 Å². The number of amides is 1. The molecule has 190 valence electrons. The molecule has 35 heavy (non-hydrogen) atoms. The zero-order valence-corrected chi connectivity index (χ0v) is 22.6. The van der Waals surface area contributed by atoms with E-state index in [9.17, 15) is 14.7 Å². The van der Waals surface area contributed by atoms with Crippen LogP contribution in [0.4, 0.5) is 5.69 Å². The Bertz CT molecular complexity index is 1070. The highest BCUT2D eigenvalue weighted by molar-refractivity contribution is 7.14. The van der Waals surface area contributed by atoms with Crippen molar-refractivity contribution in [2.24, 2.45) is 0 Å². The van der Waals surface area contributed by atoms with Gasteiger partial charge in [0.25, 0.3) is 5.91 Å². The van der Waals surface area contributed by atoms with Crippen LogP contribution >= 0.6 is 11.3 Å². The van der Waals surface area contributed by atoms with Gasteiger partial charge < -0.3 is 19.8 Å². The van der Waals surface area contributed by atoms with Crippen molar-refractivity contribution in [2.45, 2.75) is 54.0 Å². The summed E-state index contributed by atoms with van der Waals surface area (Å²) in [5.41, 5.74) is 2.69. The van der Waals surface area contributed by atoms with Crippen LogP contribution in [0.25, 0.3) is 0 Å². The van der Waals surface area contributed by atoms with E-state index in [4.69, 9.17) is 0 Å². The number of anilines is 1. The Morgan fingerprint density at radius 2 is 1.69 bits per heavy atom. The normalized spacial score (nSPS) is 16.0. The Balaban J connectivity index is 1.99. The molecule has 2 heterocycles. The molecule has 8 heteroatoms. The van der Waals surface area contributed by atoms with Gasteiger partial charge in [0.2, 0.25) is 5.78 Å². The summed E-state index contributed by atoms with van der Waals surface area (Å²) < 4.78 is 0. The molecule has 0 saturated carbocycles. The van der Waals surface area contributed by atoms with Crippen molar-refractivity contribution in [1.82, 2.24) is 14.8 Å². The van der Waals surface area contributed by atoms with Crippen LogP contribution < -0.4 is 4.90 Å². The summed E-state index contributed by atoms with van der Waals surface area (Å²) in [7, 11) is 0. The number of aliphatic hydroxyl groups excluding tert-OH is 1. The van der Waals surface area contributed by atoms with Crippen molar-refractivity contribution in [1.29, 1.82) is 0 Å². The molecule has 1 atom stereocenters. The van der Waals surface area contributed by atoms with Crippen LogP contribution in [0.15, 0.2) is 35.6 Å². The summed E-state index contributed by atoms with van der Waals surface area (Å²) in [6.45, 7) is 17.1. The largest absolute Gasteiger partial charge is 0.503 e. The Labute approximate surface area is 213 Å². The summed E-state index contributed by atoms with van der Waals surface area (Å²) in [6, 6.07) is 7.37. The van der Waals surface area contributed by atoms with Gasteiger partial charge in [0, 0.05) is 25.3 Å². The van der Waals surface area contributed by atoms with Gasteiger partial charge in [-0.05, 0) is 71.4 Å². The number of carbonyl (C=O) groups is 2. The van der Waals surface area contributed by atoms with E-state index in [0.29, 0.717) is 17.1 Å². The van der Waals surface area contributed by atoms with Crippen LogP contribution in [0.5, 0.6) is 0 Å². The minimum absolute atomic E-state index is 0.153. The van der Waals surface area contributed by atoms with E-state index in [1.165, 1.54) is 11.3 Å². The van der Waals surface area contributed by atoms with Gasteiger partial charge in [-0.25, -0.2) is 4.98 Å². The van der Waals surface area contributed by atoms with E-state index in [2.05, 4.69) is 42.5 Å². The molecule has 1 unspecified atom stereocenters. The predicted molar refractivity (Wildman–Crippen MR) is 142 cm³/mol. The Hall–Kier alpha value is -2.71. The predicted octanol–water partition coefficient (Wildman–Crippen LogP) is 4.92. The summed E-state index contributed by atoms with van der Waals surface area (Å²) in [5.74, 6) is -1.24. The van der Waals surface area contributed by atoms with Crippen molar-refractivity contribution in [3.05, 3.63) is 56.7 Å². The molecule has 0 bridgehead atoms. The second-order valence-corrected chi connectivity index (χ2v) is 9.99. The maximum absolute atomic E-state index is 13.7. The van der Waals surface area contributed by atoms with E-state index >= 15 is 0 Å². The number of aliphatic hydroxyl groups is 1. The fraction of sp³-hybridized carbons (Fsp3) is 0.519. The lowest BCUT2D eigenvalue weighted by Gasteiger charge is -2.28. The number of benzene rings is 1. The fourth-order valence-corrected chi connectivity index (χ4v) is 5.66. The lowest BCUT2D eigenvalue weighted by atomic mass is 9.94. The molecule has 0 saturated heterocycles. The summed E-state index contributed by atoms with van der Waals surface area (Å²) >= 11 is 1.30. The van der Waals surface area contributed by atoms with Gasteiger partial charge in [-0.15, -0.1) is 11.3 Å². The van der Waals surface area contributed by atoms with Gasteiger partial charge in [-0.3, -0.25) is 9.59 Å². The van der Waals surface area contributed by atoms with E-state index in [0.717, 1.165) is 55.4 Å². The molecule has 3 rings (SSSR count).